The summed E-state index contributed by atoms with van der Waals surface area (Å²) >= 11 is 6.06. The minimum atomic E-state index is -0.172. The molecule has 2 rings (SSSR count). The predicted molar refractivity (Wildman–Crippen MR) is 89.9 cm³/mol. The average molecular weight is 336 g/mol. The third-order valence-electron chi connectivity index (χ3n) is 3.26. The number of carbonyl (C=O) groups excluding carboxylic acids is 1. The van der Waals surface area contributed by atoms with Crippen LogP contribution in [0.3, 0.4) is 0 Å². The minimum Gasteiger partial charge on any atom is -0.497 e. The van der Waals surface area contributed by atoms with E-state index < -0.39 is 0 Å². The van der Waals surface area contributed by atoms with E-state index in [1.807, 2.05) is 0 Å². The molecule has 5 nitrogen and oxygen atoms in total. The van der Waals surface area contributed by atoms with Gasteiger partial charge in [0.15, 0.2) is 0 Å². The summed E-state index contributed by atoms with van der Waals surface area (Å²) in [7, 11) is 4.65. The Kier molecular flexibility index (Phi) is 5.71. The molecule has 1 amide bonds. The van der Waals surface area contributed by atoms with Crippen LogP contribution in [0, 0.1) is 0 Å². The molecule has 0 aromatic heterocycles. The average Bonchev–Trinajstić information content (AvgIpc) is 2.55. The highest BCUT2D eigenvalue weighted by Gasteiger charge is 2.11. The van der Waals surface area contributed by atoms with E-state index in [1.54, 1.807) is 50.6 Å². The number of carbonyl (C=O) groups is 1. The van der Waals surface area contributed by atoms with E-state index in [0.717, 1.165) is 5.56 Å². The largest absolute Gasteiger partial charge is 0.497 e. The summed E-state index contributed by atoms with van der Waals surface area (Å²) in [6.07, 6.45) is 0.193. The van der Waals surface area contributed by atoms with Gasteiger partial charge in [0, 0.05) is 6.07 Å². The molecule has 2 aromatic rings. The number of nitrogens with one attached hydrogen (secondary N) is 1. The molecule has 0 aliphatic heterocycles. The Hall–Kier alpha value is -2.40. The van der Waals surface area contributed by atoms with Crippen molar-refractivity contribution in [3.63, 3.8) is 0 Å². The molecule has 6 heteroatoms. The summed E-state index contributed by atoms with van der Waals surface area (Å²) in [5.41, 5.74) is 1.37. The monoisotopic (exact) mass is 335 g/mol. The smallest absolute Gasteiger partial charge is 0.228 e. The number of hydrogen-bond acceptors (Lipinski definition) is 4. The van der Waals surface area contributed by atoms with Gasteiger partial charge in [0.1, 0.15) is 17.2 Å². The number of hydrogen-bond donors (Lipinski definition) is 1. The molecule has 23 heavy (non-hydrogen) atoms. The van der Waals surface area contributed by atoms with Crippen LogP contribution in [0.2, 0.25) is 5.02 Å². The van der Waals surface area contributed by atoms with Crippen molar-refractivity contribution in [3.05, 3.63) is 47.0 Å². The van der Waals surface area contributed by atoms with Crippen LogP contribution in [-0.2, 0) is 11.2 Å². The normalized spacial score (nSPS) is 10.1. The second-order valence-electron chi connectivity index (χ2n) is 4.76. The summed E-state index contributed by atoms with van der Waals surface area (Å²) in [6, 6.07) is 10.4. The molecule has 122 valence electrons. The highest BCUT2D eigenvalue weighted by Crippen LogP contribution is 2.29. The molecule has 0 fully saturated rings. The minimum absolute atomic E-state index is 0.172. The number of amides is 1. The first-order valence-corrected chi connectivity index (χ1v) is 7.29. The van der Waals surface area contributed by atoms with Crippen molar-refractivity contribution >= 4 is 23.2 Å². The molecule has 0 unspecified atom stereocenters. The van der Waals surface area contributed by atoms with Crippen LogP contribution >= 0.6 is 11.6 Å². The Morgan fingerprint density at radius 1 is 1.00 bits per heavy atom. The summed E-state index contributed by atoms with van der Waals surface area (Å²) in [5, 5.41) is 3.29. The number of methoxy groups -OCH3 is 3. The molecule has 0 aliphatic rings. The van der Waals surface area contributed by atoms with E-state index in [0.29, 0.717) is 28.0 Å². The second-order valence-corrected chi connectivity index (χ2v) is 5.17. The first kappa shape index (κ1) is 17.0. The van der Waals surface area contributed by atoms with Gasteiger partial charge < -0.3 is 19.5 Å². The Bertz CT molecular complexity index is 703. The van der Waals surface area contributed by atoms with Gasteiger partial charge in [0.25, 0.3) is 0 Å². The number of halogens is 1. The molecular formula is C17H18ClNO4. The topological polar surface area (TPSA) is 56.8 Å². The second kappa shape index (κ2) is 7.74. The van der Waals surface area contributed by atoms with Crippen LogP contribution in [0.15, 0.2) is 36.4 Å². The lowest BCUT2D eigenvalue weighted by atomic mass is 10.1. The van der Waals surface area contributed by atoms with Crippen molar-refractivity contribution in [2.24, 2.45) is 0 Å². The number of anilines is 1. The first-order valence-electron chi connectivity index (χ1n) is 6.91. The Morgan fingerprint density at radius 3 is 2.35 bits per heavy atom. The van der Waals surface area contributed by atoms with Crippen molar-refractivity contribution in [1.29, 1.82) is 0 Å². The van der Waals surface area contributed by atoms with E-state index in [4.69, 9.17) is 25.8 Å². The van der Waals surface area contributed by atoms with Crippen LogP contribution < -0.4 is 19.5 Å². The number of ether oxygens (including phenoxy) is 3. The molecule has 0 bridgehead atoms. The summed E-state index contributed by atoms with van der Waals surface area (Å²) < 4.78 is 15.5. The zero-order valence-electron chi connectivity index (χ0n) is 13.2. The predicted octanol–water partition coefficient (Wildman–Crippen LogP) is 3.55. The van der Waals surface area contributed by atoms with Crippen molar-refractivity contribution < 1.29 is 19.0 Å². The lowest BCUT2D eigenvalue weighted by molar-refractivity contribution is -0.115. The molecular weight excluding hydrogens is 318 g/mol. The third kappa shape index (κ3) is 4.29. The van der Waals surface area contributed by atoms with Crippen LogP contribution in [0.1, 0.15) is 5.56 Å². The van der Waals surface area contributed by atoms with Gasteiger partial charge in [-0.05, 0) is 29.8 Å². The van der Waals surface area contributed by atoms with Crippen LogP contribution in [0.25, 0.3) is 0 Å². The van der Waals surface area contributed by atoms with Gasteiger partial charge in [-0.1, -0.05) is 17.7 Å². The molecule has 0 aliphatic carbocycles. The van der Waals surface area contributed by atoms with E-state index in [1.165, 1.54) is 7.11 Å². The Balaban J connectivity index is 2.09. The molecule has 0 saturated heterocycles. The lowest BCUT2D eigenvalue weighted by Crippen LogP contribution is -2.15. The highest BCUT2D eigenvalue weighted by molar-refractivity contribution is 6.32. The fourth-order valence-electron chi connectivity index (χ4n) is 2.10. The number of benzene rings is 2. The van der Waals surface area contributed by atoms with E-state index >= 15 is 0 Å². The maximum Gasteiger partial charge on any atom is 0.228 e. The van der Waals surface area contributed by atoms with Gasteiger partial charge in [-0.2, -0.15) is 0 Å². The molecule has 2 aromatic carbocycles. The van der Waals surface area contributed by atoms with E-state index in [-0.39, 0.29) is 12.3 Å². The van der Waals surface area contributed by atoms with E-state index in [9.17, 15) is 4.79 Å². The molecule has 0 radical (unpaired) electrons. The van der Waals surface area contributed by atoms with Crippen LogP contribution in [0.5, 0.6) is 17.2 Å². The number of rotatable bonds is 6. The van der Waals surface area contributed by atoms with Crippen LogP contribution in [-0.4, -0.2) is 27.2 Å². The van der Waals surface area contributed by atoms with Crippen LogP contribution in [0.4, 0.5) is 5.69 Å². The fraction of sp³-hybridized carbons (Fsp3) is 0.235. The standard InChI is InChI=1S/C17H18ClNO4/c1-21-12-5-6-14(16(10-12)23-3)19-17(20)9-11-4-7-15(22-2)13(18)8-11/h4-8,10H,9H2,1-3H3,(H,19,20). The van der Waals surface area contributed by atoms with Crippen molar-refractivity contribution in [2.75, 3.05) is 26.6 Å². The molecule has 0 spiro atoms. The molecule has 0 atom stereocenters. The Labute approximate surface area is 140 Å². The van der Waals surface area contributed by atoms with Gasteiger partial charge >= 0.3 is 0 Å². The van der Waals surface area contributed by atoms with Gasteiger partial charge in [-0.25, -0.2) is 0 Å². The quantitative estimate of drug-likeness (QED) is 0.877. The molecule has 0 saturated carbocycles. The van der Waals surface area contributed by atoms with E-state index in [2.05, 4.69) is 5.32 Å². The molecule has 1 N–H and O–H groups in total. The maximum absolute atomic E-state index is 12.2. The lowest BCUT2D eigenvalue weighted by Gasteiger charge is -2.12. The highest BCUT2D eigenvalue weighted by atomic mass is 35.5. The maximum atomic E-state index is 12.2. The van der Waals surface area contributed by atoms with Gasteiger partial charge in [-0.3, -0.25) is 4.79 Å². The third-order valence-corrected chi connectivity index (χ3v) is 3.56. The van der Waals surface area contributed by atoms with Crippen molar-refractivity contribution in [3.8, 4) is 17.2 Å². The van der Waals surface area contributed by atoms with Gasteiger partial charge in [-0.15, -0.1) is 0 Å². The summed E-state index contributed by atoms with van der Waals surface area (Å²) in [4.78, 5) is 12.2. The van der Waals surface area contributed by atoms with Crippen molar-refractivity contribution in [2.45, 2.75) is 6.42 Å². The van der Waals surface area contributed by atoms with Gasteiger partial charge in [0.2, 0.25) is 5.91 Å². The van der Waals surface area contributed by atoms with Gasteiger partial charge in [0.05, 0.1) is 38.5 Å². The first-order chi connectivity index (χ1) is 11.1. The summed E-state index contributed by atoms with van der Waals surface area (Å²) in [6.45, 7) is 0. The Morgan fingerprint density at radius 2 is 1.74 bits per heavy atom. The fourth-order valence-corrected chi connectivity index (χ4v) is 2.38. The zero-order valence-corrected chi connectivity index (χ0v) is 13.9. The SMILES string of the molecule is COc1ccc(NC(=O)Cc2ccc(OC)c(Cl)c2)c(OC)c1. The zero-order chi connectivity index (χ0) is 16.8. The molecule has 0 heterocycles. The summed E-state index contributed by atoms with van der Waals surface area (Å²) in [5.74, 6) is 1.59. The van der Waals surface area contributed by atoms with Crippen molar-refractivity contribution in [1.82, 2.24) is 0 Å².